The van der Waals surface area contributed by atoms with Crippen molar-refractivity contribution in [1.29, 1.82) is 0 Å². The Balaban J connectivity index is 1.57. The molecule has 0 amide bonds. The Labute approximate surface area is 129 Å². The molecule has 1 aliphatic rings. The van der Waals surface area contributed by atoms with E-state index < -0.39 is 10.0 Å². The minimum atomic E-state index is -3.70. The molecule has 2 aromatic rings. The molecule has 2 N–H and O–H groups in total. The number of phenols is 1. The minimum absolute atomic E-state index is 0.0134. The molecule has 6 heteroatoms. The maximum Gasteiger partial charge on any atom is 0.244 e. The van der Waals surface area contributed by atoms with Crippen LogP contribution in [0.4, 0.5) is 0 Å². The molecule has 2 aromatic carbocycles. The van der Waals surface area contributed by atoms with Gasteiger partial charge in [0, 0.05) is 18.9 Å². The highest BCUT2D eigenvalue weighted by molar-refractivity contribution is 7.89. The zero-order valence-electron chi connectivity index (χ0n) is 11.8. The zero-order valence-corrected chi connectivity index (χ0v) is 12.7. The van der Waals surface area contributed by atoms with Crippen LogP contribution < -0.4 is 9.46 Å². The maximum atomic E-state index is 12.2. The number of rotatable bonds is 5. The SMILES string of the molecule is O=S(=O)(NC1CC(Oc2ccccc2)C1)c1ccccc1O. The Morgan fingerprint density at radius 2 is 1.64 bits per heavy atom. The lowest BCUT2D eigenvalue weighted by Crippen LogP contribution is -2.48. The summed E-state index contributed by atoms with van der Waals surface area (Å²) in [6.45, 7) is 0. The molecule has 1 fully saturated rings. The van der Waals surface area contributed by atoms with Crippen LogP contribution in [0.25, 0.3) is 0 Å². The lowest BCUT2D eigenvalue weighted by atomic mass is 9.90. The first-order chi connectivity index (χ1) is 10.5. The Morgan fingerprint density at radius 1 is 1.00 bits per heavy atom. The van der Waals surface area contributed by atoms with E-state index in [1.807, 2.05) is 30.3 Å². The first kappa shape index (κ1) is 14.9. The summed E-state index contributed by atoms with van der Waals surface area (Å²) in [5.41, 5.74) is 0. The van der Waals surface area contributed by atoms with Crippen molar-refractivity contribution in [1.82, 2.24) is 4.72 Å². The predicted molar refractivity (Wildman–Crippen MR) is 82.3 cm³/mol. The summed E-state index contributed by atoms with van der Waals surface area (Å²) in [6.07, 6.45) is 1.24. The average molecular weight is 319 g/mol. The largest absolute Gasteiger partial charge is 0.507 e. The summed E-state index contributed by atoms with van der Waals surface area (Å²) in [5, 5.41) is 9.65. The van der Waals surface area contributed by atoms with Gasteiger partial charge in [-0.15, -0.1) is 0 Å². The molecule has 0 aliphatic heterocycles. The van der Waals surface area contributed by atoms with Gasteiger partial charge in [-0.3, -0.25) is 0 Å². The number of hydrogen-bond acceptors (Lipinski definition) is 4. The van der Waals surface area contributed by atoms with Crippen molar-refractivity contribution in [2.45, 2.75) is 29.9 Å². The van der Waals surface area contributed by atoms with Crippen LogP contribution >= 0.6 is 0 Å². The van der Waals surface area contributed by atoms with Gasteiger partial charge >= 0.3 is 0 Å². The van der Waals surface area contributed by atoms with Crippen molar-refractivity contribution < 1.29 is 18.3 Å². The van der Waals surface area contributed by atoms with E-state index >= 15 is 0 Å². The third kappa shape index (κ3) is 3.23. The number of ether oxygens (including phenoxy) is 1. The molecule has 3 rings (SSSR count). The summed E-state index contributed by atoms with van der Waals surface area (Å²) < 4.78 is 32.8. The predicted octanol–water partition coefficient (Wildman–Crippen LogP) is 2.28. The molecular weight excluding hydrogens is 302 g/mol. The summed E-state index contributed by atoms with van der Waals surface area (Å²) in [4.78, 5) is -0.0950. The molecule has 116 valence electrons. The number of aromatic hydroxyl groups is 1. The first-order valence-corrected chi connectivity index (χ1v) is 8.55. The summed E-state index contributed by atoms with van der Waals surface area (Å²) in [5.74, 6) is 0.543. The van der Waals surface area contributed by atoms with E-state index in [0.29, 0.717) is 12.8 Å². The monoisotopic (exact) mass is 319 g/mol. The summed E-state index contributed by atoms with van der Waals surface area (Å²) in [7, 11) is -3.70. The summed E-state index contributed by atoms with van der Waals surface area (Å²) >= 11 is 0. The molecular formula is C16H17NO4S. The molecule has 0 bridgehead atoms. The van der Waals surface area contributed by atoms with E-state index in [1.54, 1.807) is 12.1 Å². The van der Waals surface area contributed by atoms with Gasteiger partial charge in [-0.25, -0.2) is 13.1 Å². The zero-order chi connectivity index (χ0) is 15.6. The number of nitrogens with one attached hydrogen (secondary N) is 1. The molecule has 0 heterocycles. The third-order valence-electron chi connectivity index (χ3n) is 3.62. The molecule has 22 heavy (non-hydrogen) atoms. The second-order valence-corrected chi connectivity index (χ2v) is 6.99. The minimum Gasteiger partial charge on any atom is -0.507 e. The highest BCUT2D eigenvalue weighted by Crippen LogP contribution is 2.28. The number of hydrogen-bond donors (Lipinski definition) is 2. The van der Waals surface area contributed by atoms with E-state index in [9.17, 15) is 13.5 Å². The fraction of sp³-hybridized carbons (Fsp3) is 0.250. The van der Waals surface area contributed by atoms with Gasteiger partial charge < -0.3 is 9.84 Å². The van der Waals surface area contributed by atoms with Gasteiger partial charge in [-0.2, -0.15) is 0 Å². The van der Waals surface area contributed by atoms with Gasteiger partial charge in [0.25, 0.3) is 0 Å². The van der Waals surface area contributed by atoms with Gasteiger partial charge in [0.05, 0.1) is 0 Å². The quantitative estimate of drug-likeness (QED) is 0.886. The van der Waals surface area contributed by atoms with Gasteiger partial charge in [-0.1, -0.05) is 30.3 Å². The Bertz CT molecular complexity index is 740. The van der Waals surface area contributed by atoms with Crippen LogP contribution in [-0.4, -0.2) is 25.7 Å². The maximum absolute atomic E-state index is 12.2. The first-order valence-electron chi connectivity index (χ1n) is 7.06. The van der Waals surface area contributed by atoms with Crippen LogP contribution in [-0.2, 0) is 10.0 Å². The molecule has 0 unspecified atom stereocenters. The highest BCUT2D eigenvalue weighted by atomic mass is 32.2. The van der Waals surface area contributed by atoms with Crippen LogP contribution in [0.1, 0.15) is 12.8 Å². The van der Waals surface area contributed by atoms with Crippen molar-refractivity contribution in [3.8, 4) is 11.5 Å². The van der Waals surface area contributed by atoms with Crippen molar-refractivity contribution in [3.05, 3.63) is 54.6 Å². The highest BCUT2D eigenvalue weighted by Gasteiger charge is 2.34. The van der Waals surface area contributed by atoms with Crippen LogP contribution in [0, 0.1) is 0 Å². The summed E-state index contributed by atoms with van der Waals surface area (Å²) in [6, 6.07) is 15.2. The second-order valence-electron chi connectivity index (χ2n) is 5.31. The number of para-hydroxylation sites is 2. The van der Waals surface area contributed by atoms with E-state index in [-0.39, 0.29) is 22.8 Å². The molecule has 0 saturated heterocycles. The lowest BCUT2D eigenvalue weighted by molar-refractivity contribution is 0.0945. The van der Waals surface area contributed by atoms with E-state index in [2.05, 4.69) is 4.72 Å². The fourth-order valence-electron chi connectivity index (χ4n) is 2.42. The van der Waals surface area contributed by atoms with Gasteiger partial charge in [0.15, 0.2) is 0 Å². The normalized spacial score (nSPS) is 21.1. The molecule has 1 saturated carbocycles. The number of sulfonamides is 1. The van der Waals surface area contributed by atoms with Gasteiger partial charge in [0.1, 0.15) is 22.5 Å². The Morgan fingerprint density at radius 3 is 2.32 bits per heavy atom. The Kier molecular flexibility index (Phi) is 4.04. The van der Waals surface area contributed by atoms with Crippen LogP contribution in [0.5, 0.6) is 11.5 Å². The van der Waals surface area contributed by atoms with Crippen LogP contribution in [0.2, 0.25) is 0 Å². The van der Waals surface area contributed by atoms with Crippen molar-refractivity contribution in [2.75, 3.05) is 0 Å². The van der Waals surface area contributed by atoms with E-state index in [0.717, 1.165) is 5.75 Å². The van der Waals surface area contributed by atoms with Gasteiger partial charge in [-0.05, 0) is 24.3 Å². The number of phenolic OH excluding ortho intramolecular Hbond substituents is 1. The van der Waals surface area contributed by atoms with Gasteiger partial charge in [0.2, 0.25) is 10.0 Å². The van der Waals surface area contributed by atoms with Crippen molar-refractivity contribution >= 4 is 10.0 Å². The van der Waals surface area contributed by atoms with Crippen molar-refractivity contribution in [2.24, 2.45) is 0 Å². The standard InChI is InChI=1S/C16H17NO4S/c18-15-8-4-5-9-16(15)22(19,20)17-12-10-14(11-12)21-13-6-2-1-3-7-13/h1-9,12,14,17-18H,10-11H2. The van der Waals surface area contributed by atoms with Crippen molar-refractivity contribution in [3.63, 3.8) is 0 Å². The molecule has 0 aromatic heterocycles. The molecule has 0 atom stereocenters. The van der Waals surface area contributed by atoms with Crippen LogP contribution in [0.3, 0.4) is 0 Å². The smallest absolute Gasteiger partial charge is 0.244 e. The Hall–Kier alpha value is -2.05. The molecule has 0 radical (unpaired) electrons. The lowest BCUT2D eigenvalue weighted by Gasteiger charge is -2.35. The second kappa shape index (κ2) is 5.98. The molecule has 1 aliphatic carbocycles. The average Bonchev–Trinajstić information content (AvgIpc) is 2.46. The van der Waals surface area contributed by atoms with E-state index in [1.165, 1.54) is 12.1 Å². The van der Waals surface area contributed by atoms with E-state index in [4.69, 9.17) is 4.74 Å². The number of benzene rings is 2. The topological polar surface area (TPSA) is 75.6 Å². The third-order valence-corrected chi connectivity index (χ3v) is 5.19. The van der Waals surface area contributed by atoms with Crippen LogP contribution in [0.15, 0.2) is 59.5 Å². The molecule has 0 spiro atoms. The fourth-order valence-corrected chi connectivity index (χ4v) is 3.78. The molecule has 5 nitrogen and oxygen atoms in total.